The highest BCUT2D eigenvalue weighted by atomic mass is 79.9. The highest BCUT2D eigenvalue weighted by Gasteiger charge is 2.31. The van der Waals surface area contributed by atoms with E-state index in [1.165, 1.54) is 12.8 Å². The summed E-state index contributed by atoms with van der Waals surface area (Å²) < 4.78 is 1.02. The Morgan fingerprint density at radius 3 is 2.78 bits per heavy atom. The van der Waals surface area contributed by atoms with Gasteiger partial charge in [0, 0.05) is 22.8 Å². The lowest BCUT2D eigenvalue weighted by Crippen LogP contribution is -2.43. The maximum absolute atomic E-state index is 6.38. The Morgan fingerprint density at radius 1 is 1.39 bits per heavy atom. The summed E-state index contributed by atoms with van der Waals surface area (Å²) in [5.74, 6) is 0. The van der Waals surface area contributed by atoms with Crippen LogP contribution in [0.2, 0.25) is 0 Å². The van der Waals surface area contributed by atoms with Crippen molar-refractivity contribution < 1.29 is 0 Å². The van der Waals surface area contributed by atoms with E-state index in [1.807, 2.05) is 6.20 Å². The first-order valence-electron chi connectivity index (χ1n) is 6.72. The fourth-order valence-electron chi connectivity index (χ4n) is 2.75. The molecular formula is C14H22BrN3. The highest BCUT2D eigenvalue weighted by molar-refractivity contribution is 9.10. The molecule has 0 saturated carbocycles. The number of hydrogen-bond acceptors (Lipinski definition) is 3. The number of aromatic nitrogens is 1. The first kappa shape index (κ1) is 14.0. The lowest BCUT2D eigenvalue weighted by atomic mass is 9.99. The SMILES string of the molecule is CC(C)N1CCCCC(N)C1c1ccc(Br)cn1. The molecule has 18 heavy (non-hydrogen) atoms. The molecule has 2 rings (SSSR count). The van der Waals surface area contributed by atoms with E-state index in [1.54, 1.807) is 0 Å². The lowest BCUT2D eigenvalue weighted by Gasteiger charge is -2.36. The summed E-state index contributed by atoms with van der Waals surface area (Å²) in [5.41, 5.74) is 7.48. The smallest absolute Gasteiger partial charge is 0.0675 e. The van der Waals surface area contributed by atoms with E-state index in [0.717, 1.165) is 23.1 Å². The maximum atomic E-state index is 6.38. The highest BCUT2D eigenvalue weighted by Crippen LogP contribution is 2.30. The van der Waals surface area contributed by atoms with Crippen LogP contribution in [0.15, 0.2) is 22.8 Å². The minimum Gasteiger partial charge on any atom is -0.326 e. The number of likely N-dealkylation sites (tertiary alicyclic amines) is 1. The van der Waals surface area contributed by atoms with E-state index in [2.05, 4.69) is 51.8 Å². The van der Waals surface area contributed by atoms with E-state index >= 15 is 0 Å². The molecule has 2 atom stereocenters. The monoisotopic (exact) mass is 311 g/mol. The van der Waals surface area contributed by atoms with Crippen LogP contribution in [0.4, 0.5) is 0 Å². The van der Waals surface area contributed by atoms with Gasteiger partial charge >= 0.3 is 0 Å². The largest absolute Gasteiger partial charge is 0.326 e. The van der Waals surface area contributed by atoms with Crippen molar-refractivity contribution >= 4 is 15.9 Å². The normalized spacial score (nSPS) is 26.3. The van der Waals surface area contributed by atoms with Crippen molar-refractivity contribution in [2.24, 2.45) is 5.73 Å². The molecule has 1 aromatic rings. The van der Waals surface area contributed by atoms with Gasteiger partial charge in [-0.15, -0.1) is 0 Å². The molecule has 0 amide bonds. The van der Waals surface area contributed by atoms with Crippen LogP contribution in [-0.4, -0.2) is 28.5 Å². The number of rotatable bonds is 2. The van der Waals surface area contributed by atoms with E-state index in [-0.39, 0.29) is 12.1 Å². The van der Waals surface area contributed by atoms with Crippen molar-refractivity contribution in [3.63, 3.8) is 0 Å². The molecule has 0 spiro atoms. The quantitative estimate of drug-likeness (QED) is 0.912. The van der Waals surface area contributed by atoms with Crippen molar-refractivity contribution in [3.05, 3.63) is 28.5 Å². The van der Waals surface area contributed by atoms with Crippen LogP contribution in [0.25, 0.3) is 0 Å². The first-order chi connectivity index (χ1) is 8.59. The number of pyridine rings is 1. The number of hydrogen-bond donors (Lipinski definition) is 1. The van der Waals surface area contributed by atoms with Crippen molar-refractivity contribution in [1.29, 1.82) is 0 Å². The summed E-state index contributed by atoms with van der Waals surface area (Å²) in [6, 6.07) is 5.09. The average Bonchev–Trinajstić information content (AvgIpc) is 2.52. The van der Waals surface area contributed by atoms with Gasteiger partial charge in [0.05, 0.1) is 11.7 Å². The number of halogens is 1. The molecule has 1 aliphatic heterocycles. The first-order valence-corrected chi connectivity index (χ1v) is 7.51. The predicted molar refractivity (Wildman–Crippen MR) is 78.3 cm³/mol. The van der Waals surface area contributed by atoms with Gasteiger partial charge in [-0.3, -0.25) is 9.88 Å². The Kier molecular flexibility index (Phi) is 4.76. The summed E-state index contributed by atoms with van der Waals surface area (Å²) in [6.45, 7) is 5.60. The van der Waals surface area contributed by atoms with Crippen LogP contribution < -0.4 is 5.73 Å². The molecule has 1 fully saturated rings. The van der Waals surface area contributed by atoms with Gasteiger partial charge in [0.1, 0.15) is 0 Å². The molecule has 1 aromatic heterocycles. The molecule has 2 unspecified atom stereocenters. The van der Waals surface area contributed by atoms with Gasteiger partial charge in [-0.05, 0) is 61.3 Å². The molecule has 100 valence electrons. The molecule has 2 N–H and O–H groups in total. The number of nitrogens with two attached hydrogens (primary N) is 1. The van der Waals surface area contributed by atoms with Gasteiger partial charge in [-0.1, -0.05) is 6.42 Å². The summed E-state index contributed by atoms with van der Waals surface area (Å²) in [4.78, 5) is 7.05. The Hall–Kier alpha value is -0.450. The van der Waals surface area contributed by atoms with Crippen LogP contribution in [-0.2, 0) is 0 Å². The zero-order valence-electron chi connectivity index (χ0n) is 11.1. The van der Waals surface area contributed by atoms with E-state index in [0.29, 0.717) is 6.04 Å². The van der Waals surface area contributed by atoms with Gasteiger partial charge < -0.3 is 5.73 Å². The third-order valence-electron chi connectivity index (χ3n) is 3.68. The van der Waals surface area contributed by atoms with Crippen molar-refractivity contribution in [1.82, 2.24) is 9.88 Å². The molecule has 1 aliphatic rings. The van der Waals surface area contributed by atoms with Crippen molar-refractivity contribution in [2.75, 3.05) is 6.54 Å². The topological polar surface area (TPSA) is 42.1 Å². The summed E-state index contributed by atoms with van der Waals surface area (Å²) >= 11 is 3.44. The minimum absolute atomic E-state index is 0.184. The number of nitrogens with zero attached hydrogens (tertiary/aromatic N) is 2. The second-order valence-corrected chi connectivity index (χ2v) is 6.25. The Morgan fingerprint density at radius 2 is 2.17 bits per heavy atom. The molecule has 4 heteroatoms. The summed E-state index contributed by atoms with van der Waals surface area (Å²) in [6.07, 6.45) is 5.41. The van der Waals surface area contributed by atoms with Crippen LogP contribution in [0, 0.1) is 0 Å². The van der Waals surface area contributed by atoms with Crippen molar-refractivity contribution in [2.45, 2.75) is 51.2 Å². The van der Waals surface area contributed by atoms with Gasteiger partial charge in [0.25, 0.3) is 0 Å². The molecule has 0 radical (unpaired) electrons. The summed E-state index contributed by atoms with van der Waals surface area (Å²) in [5, 5.41) is 0. The third kappa shape index (κ3) is 3.11. The molecular weight excluding hydrogens is 290 g/mol. The van der Waals surface area contributed by atoms with Crippen LogP contribution >= 0.6 is 15.9 Å². The van der Waals surface area contributed by atoms with E-state index in [4.69, 9.17) is 5.73 Å². The van der Waals surface area contributed by atoms with Crippen molar-refractivity contribution in [3.8, 4) is 0 Å². The minimum atomic E-state index is 0.184. The molecule has 0 bridgehead atoms. The Bertz CT molecular complexity index is 377. The Balaban J connectivity index is 2.31. The van der Waals surface area contributed by atoms with E-state index < -0.39 is 0 Å². The van der Waals surface area contributed by atoms with Crippen LogP contribution in [0.5, 0.6) is 0 Å². The predicted octanol–water partition coefficient (Wildman–Crippen LogP) is 3.11. The van der Waals surface area contributed by atoms with Gasteiger partial charge in [-0.25, -0.2) is 0 Å². The van der Waals surface area contributed by atoms with Gasteiger partial charge in [0.15, 0.2) is 0 Å². The van der Waals surface area contributed by atoms with E-state index in [9.17, 15) is 0 Å². The molecule has 2 heterocycles. The standard InChI is InChI=1S/C14H22BrN3/c1-10(2)18-8-4-3-5-12(16)14(18)13-7-6-11(15)9-17-13/h6-7,9-10,12,14H,3-5,8,16H2,1-2H3. The fourth-order valence-corrected chi connectivity index (χ4v) is 2.98. The zero-order chi connectivity index (χ0) is 13.1. The fraction of sp³-hybridized carbons (Fsp3) is 0.643. The molecule has 0 aromatic carbocycles. The second-order valence-electron chi connectivity index (χ2n) is 5.34. The van der Waals surface area contributed by atoms with Gasteiger partial charge in [-0.2, -0.15) is 0 Å². The van der Waals surface area contributed by atoms with Crippen LogP contribution in [0.3, 0.4) is 0 Å². The lowest BCUT2D eigenvalue weighted by molar-refractivity contribution is 0.141. The molecule has 3 nitrogen and oxygen atoms in total. The van der Waals surface area contributed by atoms with Crippen LogP contribution in [0.1, 0.15) is 44.8 Å². The molecule has 1 saturated heterocycles. The average molecular weight is 312 g/mol. The molecule has 0 aliphatic carbocycles. The van der Waals surface area contributed by atoms with Gasteiger partial charge in [0.2, 0.25) is 0 Å². The summed E-state index contributed by atoms with van der Waals surface area (Å²) in [7, 11) is 0. The zero-order valence-corrected chi connectivity index (χ0v) is 12.7. The second kappa shape index (κ2) is 6.13. The maximum Gasteiger partial charge on any atom is 0.0675 e. The third-order valence-corrected chi connectivity index (χ3v) is 4.15. The Labute approximate surface area is 118 Å².